The molecule has 7 nitrogen and oxygen atoms in total. The van der Waals surface area contributed by atoms with E-state index in [1.165, 1.54) is 23.9 Å². The summed E-state index contributed by atoms with van der Waals surface area (Å²) in [5.74, 6) is 0.860. The fourth-order valence-corrected chi connectivity index (χ4v) is 4.29. The first-order valence-corrected chi connectivity index (χ1v) is 10.7. The molecule has 0 atom stereocenters. The molecule has 0 unspecified atom stereocenters. The topological polar surface area (TPSA) is 76.2 Å². The molecule has 1 aliphatic rings. The summed E-state index contributed by atoms with van der Waals surface area (Å²) in [4.78, 5) is 14.4. The van der Waals surface area contributed by atoms with E-state index < -0.39 is 10.0 Å². The van der Waals surface area contributed by atoms with E-state index in [1.807, 2.05) is 30.3 Å². The van der Waals surface area contributed by atoms with Gasteiger partial charge in [0.2, 0.25) is 10.0 Å². The van der Waals surface area contributed by atoms with Gasteiger partial charge in [-0.3, -0.25) is 4.79 Å². The van der Waals surface area contributed by atoms with Crippen LogP contribution < -0.4 is 9.47 Å². The summed E-state index contributed by atoms with van der Waals surface area (Å²) in [6.45, 7) is 1.15. The molecule has 1 amide bonds. The number of piperazine rings is 1. The normalized spacial score (nSPS) is 15.4. The number of ether oxygens (including phenoxy) is 2. The monoisotopic (exact) mass is 416 g/mol. The van der Waals surface area contributed by atoms with Crippen molar-refractivity contribution in [3.05, 3.63) is 65.1 Å². The van der Waals surface area contributed by atoms with E-state index in [0.717, 1.165) is 5.56 Å². The molecule has 1 heterocycles. The third-order valence-electron chi connectivity index (χ3n) is 4.75. The molecular formula is C21H24N2O5S. The zero-order chi connectivity index (χ0) is 20.9. The number of hydrogen-bond donors (Lipinski definition) is 0. The second-order valence-electron chi connectivity index (χ2n) is 6.52. The number of carbonyl (C=O) groups excluding carboxylic acids is 1. The highest BCUT2D eigenvalue weighted by Crippen LogP contribution is 2.28. The molecule has 3 rings (SSSR count). The van der Waals surface area contributed by atoms with Crippen LogP contribution in [0.2, 0.25) is 0 Å². The third kappa shape index (κ3) is 4.96. The van der Waals surface area contributed by atoms with Gasteiger partial charge in [-0.15, -0.1) is 0 Å². The van der Waals surface area contributed by atoms with Gasteiger partial charge in [0.05, 0.1) is 14.2 Å². The summed E-state index contributed by atoms with van der Waals surface area (Å²) < 4.78 is 37.0. The Morgan fingerprint density at radius 2 is 1.59 bits per heavy atom. The molecule has 154 valence electrons. The number of sulfonamides is 1. The van der Waals surface area contributed by atoms with E-state index in [1.54, 1.807) is 29.2 Å². The Balaban J connectivity index is 1.64. The Morgan fingerprint density at radius 3 is 2.21 bits per heavy atom. The first-order chi connectivity index (χ1) is 13.9. The first-order valence-electron chi connectivity index (χ1n) is 9.19. The average molecular weight is 416 g/mol. The molecule has 8 heteroatoms. The Morgan fingerprint density at radius 1 is 0.931 bits per heavy atom. The van der Waals surface area contributed by atoms with E-state index in [0.29, 0.717) is 30.2 Å². The summed E-state index contributed by atoms with van der Waals surface area (Å²) in [7, 11) is -0.491. The average Bonchev–Trinajstić information content (AvgIpc) is 2.77. The van der Waals surface area contributed by atoms with Crippen molar-refractivity contribution < 1.29 is 22.7 Å². The van der Waals surface area contributed by atoms with E-state index in [2.05, 4.69) is 0 Å². The molecule has 0 spiro atoms. The molecule has 0 radical (unpaired) electrons. The molecule has 0 bridgehead atoms. The molecule has 0 aromatic heterocycles. The van der Waals surface area contributed by atoms with Crippen molar-refractivity contribution in [3.63, 3.8) is 0 Å². The summed E-state index contributed by atoms with van der Waals surface area (Å²) in [6, 6.07) is 14.2. The van der Waals surface area contributed by atoms with Crippen molar-refractivity contribution in [1.29, 1.82) is 0 Å². The fraction of sp³-hybridized carbons (Fsp3) is 0.286. The Labute approximate surface area is 171 Å². The van der Waals surface area contributed by atoms with Crippen molar-refractivity contribution in [3.8, 4) is 11.5 Å². The van der Waals surface area contributed by atoms with Gasteiger partial charge in [-0.1, -0.05) is 30.3 Å². The number of amides is 1. The first kappa shape index (κ1) is 20.9. The maximum atomic E-state index is 12.8. The van der Waals surface area contributed by atoms with Crippen LogP contribution in [-0.4, -0.2) is 63.9 Å². The summed E-state index contributed by atoms with van der Waals surface area (Å²) in [5.41, 5.74) is 1.29. The van der Waals surface area contributed by atoms with Crippen LogP contribution in [0, 0.1) is 0 Å². The predicted molar refractivity (Wildman–Crippen MR) is 111 cm³/mol. The van der Waals surface area contributed by atoms with Gasteiger partial charge < -0.3 is 14.4 Å². The standard InChI is InChI=1S/C21H24N2O5S/c1-27-19-9-8-18(16-20(19)28-2)21(24)22-11-13-23(14-12-22)29(25,26)15-10-17-6-4-3-5-7-17/h3-10,15-16H,11-14H2,1-2H3/b15-10-. The van der Waals surface area contributed by atoms with Crippen LogP contribution >= 0.6 is 0 Å². The Bertz CT molecular complexity index is 981. The highest BCUT2D eigenvalue weighted by Gasteiger charge is 2.28. The third-order valence-corrected chi connectivity index (χ3v) is 6.31. The van der Waals surface area contributed by atoms with Gasteiger partial charge in [-0.2, -0.15) is 4.31 Å². The Hall–Kier alpha value is -2.84. The minimum absolute atomic E-state index is 0.164. The van der Waals surface area contributed by atoms with E-state index >= 15 is 0 Å². The smallest absolute Gasteiger partial charge is 0.254 e. The zero-order valence-corrected chi connectivity index (χ0v) is 17.3. The van der Waals surface area contributed by atoms with Crippen LogP contribution in [0.1, 0.15) is 15.9 Å². The van der Waals surface area contributed by atoms with Crippen LogP contribution in [0.15, 0.2) is 53.9 Å². The maximum absolute atomic E-state index is 12.8. The molecule has 0 N–H and O–H groups in total. The molecule has 2 aromatic rings. The molecule has 1 saturated heterocycles. The SMILES string of the molecule is COc1ccc(C(=O)N2CCN(S(=O)(=O)/C=C\c3ccccc3)CC2)cc1OC. The number of carbonyl (C=O) groups is 1. The minimum Gasteiger partial charge on any atom is -0.493 e. The summed E-state index contributed by atoms with van der Waals surface area (Å²) >= 11 is 0. The van der Waals surface area contributed by atoms with Crippen LogP contribution in [0.3, 0.4) is 0 Å². The largest absolute Gasteiger partial charge is 0.493 e. The lowest BCUT2D eigenvalue weighted by Gasteiger charge is -2.33. The van der Waals surface area contributed by atoms with E-state index in [9.17, 15) is 13.2 Å². The number of benzene rings is 2. The van der Waals surface area contributed by atoms with Gasteiger partial charge in [-0.25, -0.2) is 8.42 Å². The lowest BCUT2D eigenvalue weighted by Crippen LogP contribution is -2.50. The predicted octanol–water partition coefficient (Wildman–Crippen LogP) is 2.46. The number of hydrogen-bond acceptors (Lipinski definition) is 5. The van der Waals surface area contributed by atoms with Crippen LogP contribution in [0.4, 0.5) is 0 Å². The number of rotatable bonds is 6. The molecular weight excluding hydrogens is 392 g/mol. The van der Waals surface area contributed by atoms with Crippen molar-refractivity contribution in [1.82, 2.24) is 9.21 Å². The summed E-state index contributed by atoms with van der Waals surface area (Å²) in [5, 5.41) is 1.22. The summed E-state index contributed by atoms with van der Waals surface area (Å²) in [6.07, 6.45) is 1.58. The highest BCUT2D eigenvalue weighted by molar-refractivity contribution is 7.92. The van der Waals surface area contributed by atoms with Crippen molar-refractivity contribution in [2.24, 2.45) is 0 Å². The van der Waals surface area contributed by atoms with Gasteiger partial charge in [0.15, 0.2) is 11.5 Å². The van der Waals surface area contributed by atoms with Gasteiger partial charge in [0.1, 0.15) is 0 Å². The van der Waals surface area contributed by atoms with Crippen molar-refractivity contribution in [2.45, 2.75) is 0 Å². The second kappa shape index (κ2) is 9.11. The molecule has 29 heavy (non-hydrogen) atoms. The van der Waals surface area contributed by atoms with E-state index in [-0.39, 0.29) is 19.0 Å². The van der Waals surface area contributed by atoms with Crippen LogP contribution in [-0.2, 0) is 10.0 Å². The van der Waals surface area contributed by atoms with Crippen molar-refractivity contribution in [2.75, 3.05) is 40.4 Å². The minimum atomic E-state index is -3.54. The molecule has 0 aliphatic carbocycles. The van der Waals surface area contributed by atoms with Gasteiger partial charge in [0, 0.05) is 37.2 Å². The maximum Gasteiger partial charge on any atom is 0.254 e. The lowest BCUT2D eigenvalue weighted by atomic mass is 10.1. The number of nitrogens with zero attached hydrogens (tertiary/aromatic N) is 2. The van der Waals surface area contributed by atoms with Gasteiger partial charge in [0.25, 0.3) is 5.91 Å². The Kier molecular flexibility index (Phi) is 6.56. The van der Waals surface area contributed by atoms with E-state index in [4.69, 9.17) is 9.47 Å². The molecule has 2 aromatic carbocycles. The molecule has 0 saturated carbocycles. The van der Waals surface area contributed by atoms with Crippen LogP contribution in [0.25, 0.3) is 6.08 Å². The lowest BCUT2D eigenvalue weighted by molar-refractivity contribution is 0.0698. The molecule has 1 fully saturated rings. The molecule has 1 aliphatic heterocycles. The fourth-order valence-electron chi connectivity index (χ4n) is 3.11. The highest BCUT2D eigenvalue weighted by atomic mass is 32.2. The second-order valence-corrected chi connectivity index (χ2v) is 8.34. The van der Waals surface area contributed by atoms with Gasteiger partial charge in [-0.05, 0) is 29.8 Å². The van der Waals surface area contributed by atoms with Crippen molar-refractivity contribution >= 4 is 22.0 Å². The number of methoxy groups -OCH3 is 2. The van der Waals surface area contributed by atoms with Crippen LogP contribution in [0.5, 0.6) is 11.5 Å². The van der Waals surface area contributed by atoms with Gasteiger partial charge >= 0.3 is 0 Å². The zero-order valence-electron chi connectivity index (χ0n) is 16.4. The quantitative estimate of drug-likeness (QED) is 0.723.